The average Bonchev–Trinajstić information content (AvgIpc) is 3.18. The van der Waals surface area contributed by atoms with Gasteiger partial charge < -0.3 is 10.6 Å². The number of piperidine rings is 1. The van der Waals surface area contributed by atoms with Crippen LogP contribution < -0.4 is 10.6 Å². The van der Waals surface area contributed by atoms with Gasteiger partial charge in [0, 0.05) is 11.5 Å². The number of thiazole rings is 1. The SMILES string of the molecule is Cl.O=C(Nc1ccccc1-c1nc2ccccc2s1)C1CC12CCNCC2. The van der Waals surface area contributed by atoms with Crippen molar-refractivity contribution < 1.29 is 4.79 Å². The van der Waals surface area contributed by atoms with E-state index < -0.39 is 0 Å². The summed E-state index contributed by atoms with van der Waals surface area (Å²) >= 11 is 1.67. The molecule has 0 radical (unpaired) electrons. The van der Waals surface area contributed by atoms with E-state index in [4.69, 9.17) is 4.98 Å². The van der Waals surface area contributed by atoms with Crippen LogP contribution in [0.1, 0.15) is 19.3 Å². The van der Waals surface area contributed by atoms with Crippen molar-refractivity contribution in [2.24, 2.45) is 11.3 Å². The molecule has 6 heteroatoms. The molecule has 2 heterocycles. The second-order valence-electron chi connectivity index (χ2n) is 7.39. The quantitative estimate of drug-likeness (QED) is 0.670. The van der Waals surface area contributed by atoms with Crippen LogP contribution in [0.3, 0.4) is 0 Å². The number of benzene rings is 2. The van der Waals surface area contributed by atoms with Crippen LogP contribution in [0.25, 0.3) is 20.8 Å². The molecule has 1 atom stereocenters. The molecule has 2 N–H and O–H groups in total. The molecule has 1 saturated carbocycles. The highest BCUT2D eigenvalue weighted by Crippen LogP contribution is 2.58. The summed E-state index contributed by atoms with van der Waals surface area (Å²) in [4.78, 5) is 17.6. The van der Waals surface area contributed by atoms with Crippen molar-refractivity contribution in [1.82, 2.24) is 10.3 Å². The fourth-order valence-corrected chi connectivity index (χ4v) is 5.19. The van der Waals surface area contributed by atoms with E-state index in [9.17, 15) is 4.79 Å². The smallest absolute Gasteiger partial charge is 0.228 e. The van der Waals surface area contributed by atoms with Crippen LogP contribution >= 0.6 is 23.7 Å². The fourth-order valence-electron chi connectivity index (χ4n) is 4.18. The molecule has 1 aliphatic heterocycles. The number of carbonyl (C=O) groups is 1. The van der Waals surface area contributed by atoms with Gasteiger partial charge in [0.15, 0.2) is 0 Å². The van der Waals surface area contributed by atoms with Crippen molar-refractivity contribution in [2.75, 3.05) is 18.4 Å². The zero-order chi connectivity index (χ0) is 17.6. The average molecular weight is 400 g/mol. The summed E-state index contributed by atoms with van der Waals surface area (Å²) in [5.41, 5.74) is 3.12. The monoisotopic (exact) mass is 399 g/mol. The van der Waals surface area contributed by atoms with Gasteiger partial charge in [-0.05, 0) is 62.0 Å². The van der Waals surface area contributed by atoms with Gasteiger partial charge in [-0.3, -0.25) is 4.79 Å². The van der Waals surface area contributed by atoms with E-state index in [1.807, 2.05) is 42.5 Å². The lowest BCUT2D eigenvalue weighted by Gasteiger charge is -2.23. The molecule has 1 amide bonds. The first kappa shape index (κ1) is 18.4. The molecule has 27 heavy (non-hydrogen) atoms. The van der Waals surface area contributed by atoms with E-state index in [-0.39, 0.29) is 29.6 Å². The summed E-state index contributed by atoms with van der Waals surface area (Å²) in [6, 6.07) is 16.2. The van der Waals surface area contributed by atoms with Crippen LogP contribution in [0.4, 0.5) is 5.69 Å². The number of halogens is 1. The van der Waals surface area contributed by atoms with E-state index in [1.165, 1.54) is 4.70 Å². The van der Waals surface area contributed by atoms with Crippen molar-refractivity contribution in [3.8, 4) is 10.6 Å². The minimum Gasteiger partial charge on any atom is -0.325 e. The van der Waals surface area contributed by atoms with Gasteiger partial charge in [-0.1, -0.05) is 24.3 Å². The number of nitrogens with zero attached hydrogens (tertiary/aromatic N) is 1. The van der Waals surface area contributed by atoms with Crippen LogP contribution in [0, 0.1) is 11.3 Å². The zero-order valence-corrected chi connectivity index (χ0v) is 16.5. The molecule has 140 valence electrons. The maximum Gasteiger partial charge on any atom is 0.228 e. The van der Waals surface area contributed by atoms with Crippen molar-refractivity contribution in [3.63, 3.8) is 0 Å². The predicted octanol–water partition coefficient (Wildman–Crippen LogP) is 4.71. The minimum absolute atomic E-state index is 0. The predicted molar refractivity (Wildman–Crippen MR) is 114 cm³/mol. The van der Waals surface area contributed by atoms with E-state index in [0.717, 1.165) is 54.1 Å². The lowest BCUT2D eigenvalue weighted by atomic mass is 9.91. The number of anilines is 1. The number of hydrogen-bond acceptors (Lipinski definition) is 4. The maximum absolute atomic E-state index is 12.9. The third-order valence-corrected chi connectivity index (χ3v) is 6.88. The first-order valence-electron chi connectivity index (χ1n) is 9.22. The molecule has 1 unspecified atom stereocenters. The highest BCUT2D eigenvalue weighted by atomic mass is 35.5. The zero-order valence-electron chi connectivity index (χ0n) is 14.9. The maximum atomic E-state index is 12.9. The highest BCUT2D eigenvalue weighted by molar-refractivity contribution is 7.21. The molecular weight excluding hydrogens is 378 g/mol. The Bertz CT molecular complexity index is 947. The number of amides is 1. The molecule has 3 aromatic rings. The van der Waals surface area contributed by atoms with Crippen LogP contribution in [0.15, 0.2) is 48.5 Å². The van der Waals surface area contributed by atoms with Crippen LogP contribution in [0.5, 0.6) is 0 Å². The Labute approximate surface area is 168 Å². The Morgan fingerprint density at radius 2 is 1.85 bits per heavy atom. The number of nitrogens with one attached hydrogen (secondary N) is 2. The first-order chi connectivity index (χ1) is 12.8. The molecule has 5 rings (SSSR count). The normalized spacial score (nSPS) is 20.2. The first-order valence-corrected chi connectivity index (χ1v) is 10.0. The van der Waals surface area contributed by atoms with Crippen molar-refractivity contribution >= 4 is 45.6 Å². The second kappa shape index (κ2) is 7.23. The topological polar surface area (TPSA) is 54.0 Å². The molecule has 2 aliphatic rings. The Kier molecular flexibility index (Phi) is 4.93. The molecule has 1 spiro atoms. The Morgan fingerprint density at radius 1 is 1.11 bits per heavy atom. The van der Waals surface area contributed by atoms with Crippen molar-refractivity contribution in [2.45, 2.75) is 19.3 Å². The number of hydrogen-bond donors (Lipinski definition) is 2. The number of fused-ring (bicyclic) bond motifs is 1. The third-order valence-electron chi connectivity index (χ3n) is 5.81. The van der Waals surface area contributed by atoms with E-state index in [2.05, 4.69) is 16.7 Å². The van der Waals surface area contributed by atoms with Gasteiger partial charge in [0.1, 0.15) is 5.01 Å². The Balaban J connectivity index is 0.00000180. The Morgan fingerprint density at radius 3 is 2.67 bits per heavy atom. The molecule has 1 aliphatic carbocycles. The number of aromatic nitrogens is 1. The largest absolute Gasteiger partial charge is 0.325 e. The van der Waals surface area contributed by atoms with Crippen LogP contribution in [-0.4, -0.2) is 24.0 Å². The van der Waals surface area contributed by atoms with Crippen LogP contribution in [-0.2, 0) is 4.79 Å². The lowest BCUT2D eigenvalue weighted by Crippen LogP contribution is -2.31. The summed E-state index contributed by atoms with van der Waals surface area (Å²) < 4.78 is 1.17. The lowest BCUT2D eigenvalue weighted by molar-refractivity contribution is -0.118. The summed E-state index contributed by atoms with van der Waals surface area (Å²) in [7, 11) is 0. The van der Waals surface area contributed by atoms with E-state index in [0.29, 0.717) is 0 Å². The molecule has 1 aromatic heterocycles. The number of para-hydroxylation sites is 2. The molecular formula is C21H22ClN3OS. The van der Waals surface area contributed by atoms with Gasteiger partial charge in [0.05, 0.1) is 15.9 Å². The number of carbonyl (C=O) groups excluding carboxylic acids is 1. The van der Waals surface area contributed by atoms with Crippen molar-refractivity contribution in [1.29, 1.82) is 0 Å². The van der Waals surface area contributed by atoms with E-state index in [1.54, 1.807) is 11.3 Å². The van der Waals surface area contributed by atoms with Gasteiger partial charge in [-0.2, -0.15) is 0 Å². The molecule has 1 saturated heterocycles. The van der Waals surface area contributed by atoms with Gasteiger partial charge in [-0.25, -0.2) is 4.98 Å². The van der Waals surface area contributed by atoms with Gasteiger partial charge >= 0.3 is 0 Å². The molecule has 2 fully saturated rings. The third kappa shape index (κ3) is 3.35. The van der Waals surface area contributed by atoms with Crippen LogP contribution in [0.2, 0.25) is 0 Å². The fraction of sp³-hybridized carbons (Fsp3) is 0.333. The molecule has 2 aromatic carbocycles. The minimum atomic E-state index is 0. The molecule has 4 nitrogen and oxygen atoms in total. The van der Waals surface area contributed by atoms with Gasteiger partial charge in [0.2, 0.25) is 5.91 Å². The summed E-state index contributed by atoms with van der Waals surface area (Å²) in [5, 5.41) is 7.54. The van der Waals surface area contributed by atoms with E-state index >= 15 is 0 Å². The second-order valence-corrected chi connectivity index (χ2v) is 8.42. The summed E-state index contributed by atoms with van der Waals surface area (Å²) in [6.07, 6.45) is 3.26. The molecule has 0 bridgehead atoms. The van der Waals surface area contributed by atoms with Gasteiger partial charge in [-0.15, -0.1) is 23.7 Å². The summed E-state index contributed by atoms with van der Waals surface area (Å²) in [5.74, 6) is 0.327. The highest BCUT2D eigenvalue weighted by Gasteiger charge is 2.57. The van der Waals surface area contributed by atoms with Gasteiger partial charge in [0.25, 0.3) is 0 Å². The van der Waals surface area contributed by atoms with Crippen molar-refractivity contribution in [3.05, 3.63) is 48.5 Å². The summed E-state index contributed by atoms with van der Waals surface area (Å²) in [6.45, 7) is 2.07. The Hall–Kier alpha value is -1.95. The number of rotatable bonds is 3. The standard InChI is InChI=1S/C21H21N3OS.ClH/c25-19(15-13-21(15)9-11-22-12-10-21)23-16-6-2-1-5-14(16)20-24-17-7-3-4-8-18(17)26-20;/h1-8,15,22H,9-13H2,(H,23,25);1H.